The van der Waals surface area contributed by atoms with Crippen molar-refractivity contribution < 1.29 is 4.79 Å². The van der Waals surface area contributed by atoms with Crippen LogP contribution in [-0.4, -0.2) is 23.2 Å². The van der Waals surface area contributed by atoms with E-state index < -0.39 is 0 Å². The molecule has 1 heterocycles. The fourth-order valence-electron chi connectivity index (χ4n) is 4.14. The molecule has 156 valence electrons. The Morgan fingerprint density at radius 1 is 0.967 bits per heavy atom. The van der Waals surface area contributed by atoms with Gasteiger partial charge in [-0.05, 0) is 49.4 Å². The number of anilines is 2. The molecule has 4 rings (SSSR count). The Hall–Kier alpha value is -2.53. The highest BCUT2D eigenvalue weighted by atomic mass is 32.2. The number of fused-ring (bicyclic) bond motifs is 1. The Morgan fingerprint density at radius 3 is 2.53 bits per heavy atom. The van der Waals surface area contributed by atoms with E-state index in [1.54, 1.807) is 11.8 Å². The van der Waals surface area contributed by atoms with Gasteiger partial charge >= 0.3 is 0 Å². The van der Waals surface area contributed by atoms with Gasteiger partial charge in [0, 0.05) is 22.0 Å². The van der Waals surface area contributed by atoms with Crippen LogP contribution in [0.25, 0.3) is 10.9 Å². The zero-order valence-electron chi connectivity index (χ0n) is 17.5. The lowest BCUT2D eigenvalue weighted by Gasteiger charge is -2.21. The molecule has 0 radical (unpaired) electrons. The lowest BCUT2D eigenvalue weighted by molar-refractivity contribution is 0.0932. The predicted octanol–water partition coefficient (Wildman–Crippen LogP) is 6.54. The molecule has 0 bridgehead atoms. The molecule has 1 aliphatic carbocycles. The second kappa shape index (κ2) is 9.98. The molecule has 0 atom stereocenters. The van der Waals surface area contributed by atoms with E-state index in [0.717, 1.165) is 29.4 Å². The van der Waals surface area contributed by atoms with Gasteiger partial charge in [-0.1, -0.05) is 56.4 Å². The van der Waals surface area contributed by atoms with Crippen LogP contribution in [-0.2, 0) is 0 Å². The minimum Gasteiger partial charge on any atom is -0.349 e. The predicted molar refractivity (Wildman–Crippen MR) is 127 cm³/mol. The highest BCUT2D eigenvalue weighted by molar-refractivity contribution is 7.98. The third-order valence-electron chi connectivity index (χ3n) is 5.74. The maximum absolute atomic E-state index is 13.3. The van der Waals surface area contributed by atoms with E-state index in [2.05, 4.69) is 29.0 Å². The Kier molecular flexibility index (Phi) is 6.90. The quantitative estimate of drug-likeness (QED) is 0.461. The van der Waals surface area contributed by atoms with Crippen LogP contribution in [0.4, 0.5) is 11.5 Å². The van der Waals surface area contributed by atoms with Crippen molar-refractivity contribution in [1.82, 2.24) is 10.3 Å². The summed E-state index contributed by atoms with van der Waals surface area (Å²) in [6, 6.07) is 18.2. The monoisotopic (exact) mass is 419 g/mol. The third-order valence-corrected chi connectivity index (χ3v) is 6.47. The molecule has 2 N–H and O–H groups in total. The fraction of sp³-hybridized carbons (Fsp3) is 0.360. The largest absolute Gasteiger partial charge is 0.349 e. The molecule has 0 aliphatic heterocycles. The van der Waals surface area contributed by atoms with E-state index in [1.807, 2.05) is 42.5 Å². The number of aromatic nitrogens is 1. The van der Waals surface area contributed by atoms with Gasteiger partial charge in [0.1, 0.15) is 5.82 Å². The summed E-state index contributed by atoms with van der Waals surface area (Å²) in [4.78, 5) is 19.2. The first-order valence-electron chi connectivity index (χ1n) is 10.8. The molecule has 3 aromatic rings. The maximum Gasteiger partial charge on any atom is 0.252 e. The van der Waals surface area contributed by atoms with E-state index in [-0.39, 0.29) is 11.9 Å². The lowest BCUT2D eigenvalue weighted by atomic mass is 9.96. The molecule has 0 saturated heterocycles. The second-order valence-electron chi connectivity index (χ2n) is 7.94. The van der Waals surface area contributed by atoms with Crippen molar-refractivity contribution in [2.24, 2.45) is 0 Å². The molecular formula is C25H29N3OS. The van der Waals surface area contributed by atoms with Gasteiger partial charge < -0.3 is 10.6 Å². The lowest BCUT2D eigenvalue weighted by Crippen LogP contribution is -2.35. The van der Waals surface area contributed by atoms with Gasteiger partial charge in [0.2, 0.25) is 0 Å². The number of benzene rings is 2. The van der Waals surface area contributed by atoms with Crippen molar-refractivity contribution in [2.45, 2.75) is 55.9 Å². The average Bonchev–Trinajstić information content (AvgIpc) is 2.75. The van der Waals surface area contributed by atoms with Gasteiger partial charge in [-0.25, -0.2) is 4.98 Å². The fourth-order valence-corrected chi connectivity index (χ4v) is 4.60. The molecule has 5 heteroatoms. The minimum atomic E-state index is 0.0000814. The first kappa shape index (κ1) is 20.7. The number of pyridine rings is 1. The second-order valence-corrected chi connectivity index (χ2v) is 8.82. The van der Waals surface area contributed by atoms with Crippen LogP contribution in [0.3, 0.4) is 0 Å². The van der Waals surface area contributed by atoms with Crippen LogP contribution in [0.1, 0.15) is 55.3 Å². The molecule has 30 heavy (non-hydrogen) atoms. The van der Waals surface area contributed by atoms with Crippen LogP contribution < -0.4 is 10.6 Å². The molecule has 1 amide bonds. The van der Waals surface area contributed by atoms with Gasteiger partial charge in [-0.15, -0.1) is 11.8 Å². The summed E-state index contributed by atoms with van der Waals surface area (Å²) in [6.45, 7) is 0. The van der Waals surface area contributed by atoms with Gasteiger partial charge in [-0.2, -0.15) is 0 Å². The number of hydrogen-bond acceptors (Lipinski definition) is 4. The molecule has 0 spiro atoms. The molecule has 1 aliphatic rings. The van der Waals surface area contributed by atoms with Crippen molar-refractivity contribution in [2.75, 3.05) is 11.6 Å². The standard InChI is InChI=1S/C25H29N3OS/c1-30-20-13-9-12-19(16-20)26-24-17-22(21-14-7-8-15-23(21)28-24)25(29)27-18-10-5-3-2-4-6-11-18/h7-9,12-18H,2-6,10-11H2,1H3,(H,26,28)(H,27,29). The van der Waals surface area contributed by atoms with Crippen LogP contribution in [0.5, 0.6) is 0 Å². The Morgan fingerprint density at radius 2 is 1.73 bits per heavy atom. The summed E-state index contributed by atoms with van der Waals surface area (Å²) >= 11 is 1.70. The third kappa shape index (κ3) is 5.14. The van der Waals surface area contributed by atoms with Crippen LogP contribution >= 0.6 is 11.8 Å². The number of thioether (sulfide) groups is 1. The first-order chi connectivity index (χ1) is 14.7. The van der Waals surface area contributed by atoms with E-state index in [4.69, 9.17) is 4.98 Å². The highest BCUT2D eigenvalue weighted by Gasteiger charge is 2.18. The molecule has 0 unspecified atom stereocenters. The van der Waals surface area contributed by atoms with E-state index in [0.29, 0.717) is 11.4 Å². The van der Waals surface area contributed by atoms with E-state index >= 15 is 0 Å². The molecule has 1 saturated carbocycles. The van der Waals surface area contributed by atoms with Gasteiger partial charge in [-0.3, -0.25) is 4.79 Å². The van der Waals surface area contributed by atoms with E-state index in [1.165, 1.54) is 37.0 Å². The molecule has 1 aromatic heterocycles. The Balaban J connectivity index is 1.61. The molecule has 4 nitrogen and oxygen atoms in total. The Bertz CT molecular complexity index is 1010. The molecule has 1 fully saturated rings. The van der Waals surface area contributed by atoms with Crippen molar-refractivity contribution in [3.05, 3.63) is 60.2 Å². The smallest absolute Gasteiger partial charge is 0.252 e. The zero-order chi connectivity index (χ0) is 20.8. The van der Waals surface area contributed by atoms with Crippen LogP contribution in [0.2, 0.25) is 0 Å². The van der Waals surface area contributed by atoms with Crippen molar-refractivity contribution >= 4 is 40.1 Å². The maximum atomic E-state index is 13.3. The number of amides is 1. The molecule has 2 aromatic carbocycles. The van der Waals surface area contributed by atoms with Crippen molar-refractivity contribution in [1.29, 1.82) is 0 Å². The van der Waals surface area contributed by atoms with E-state index in [9.17, 15) is 4.79 Å². The summed E-state index contributed by atoms with van der Waals surface area (Å²) in [5.74, 6) is 0.690. The van der Waals surface area contributed by atoms with Crippen LogP contribution in [0.15, 0.2) is 59.5 Å². The minimum absolute atomic E-state index is 0.0000814. The first-order valence-corrected chi connectivity index (χ1v) is 12.1. The highest BCUT2D eigenvalue weighted by Crippen LogP contribution is 2.26. The topological polar surface area (TPSA) is 54.0 Å². The normalized spacial score (nSPS) is 15.4. The summed E-state index contributed by atoms with van der Waals surface area (Å²) in [5, 5.41) is 7.58. The van der Waals surface area contributed by atoms with Gasteiger partial charge in [0.25, 0.3) is 5.91 Å². The zero-order valence-corrected chi connectivity index (χ0v) is 18.3. The average molecular weight is 420 g/mol. The summed E-state index contributed by atoms with van der Waals surface area (Å²) < 4.78 is 0. The number of carbonyl (C=O) groups is 1. The summed E-state index contributed by atoms with van der Waals surface area (Å²) in [6.07, 6.45) is 10.5. The number of nitrogens with zero attached hydrogens (tertiary/aromatic N) is 1. The number of carbonyl (C=O) groups excluding carboxylic acids is 1. The van der Waals surface area contributed by atoms with Gasteiger partial charge in [0.05, 0.1) is 11.1 Å². The number of nitrogens with one attached hydrogen (secondary N) is 2. The number of hydrogen-bond donors (Lipinski definition) is 2. The van der Waals surface area contributed by atoms with Crippen LogP contribution in [0, 0.1) is 0 Å². The van der Waals surface area contributed by atoms with Gasteiger partial charge in [0.15, 0.2) is 0 Å². The molecular weight excluding hydrogens is 390 g/mol. The van der Waals surface area contributed by atoms with Crippen molar-refractivity contribution in [3.63, 3.8) is 0 Å². The summed E-state index contributed by atoms with van der Waals surface area (Å²) in [5.41, 5.74) is 2.48. The van der Waals surface area contributed by atoms with Crippen molar-refractivity contribution in [3.8, 4) is 0 Å². The number of rotatable bonds is 5. The summed E-state index contributed by atoms with van der Waals surface area (Å²) in [7, 11) is 0. The Labute approximate surface area is 182 Å². The SMILES string of the molecule is CSc1cccc(Nc2cc(C(=O)NC3CCCCCCC3)c3ccccc3n2)c1. The number of para-hydroxylation sites is 1.